The molecular formula is C19H18F2N6O3. The van der Waals surface area contributed by atoms with E-state index in [9.17, 15) is 18.4 Å². The number of halogens is 2. The van der Waals surface area contributed by atoms with Crippen molar-refractivity contribution in [3.63, 3.8) is 0 Å². The molecule has 0 aliphatic carbocycles. The van der Waals surface area contributed by atoms with E-state index < -0.39 is 23.6 Å². The molecular weight excluding hydrogens is 398 g/mol. The summed E-state index contributed by atoms with van der Waals surface area (Å²) in [6.07, 6.45) is 3.29. The Hall–Kier alpha value is -3.63. The number of rotatable bonds is 3. The number of carboxylic acid groups (broad SMARTS) is 1. The first-order chi connectivity index (χ1) is 14.4. The molecule has 11 heteroatoms. The fourth-order valence-corrected chi connectivity index (χ4v) is 3.51. The Morgan fingerprint density at radius 1 is 1.07 bits per heavy atom. The molecule has 1 atom stereocenters. The highest BCUT2D eigenvalue weighted by atomic mass is 19.1. The monoisotopic (exact) mass is 416 g/mol. The van der Waals surface area contributed by atoms with Crippen LogP contribution in [0, 0.1) is 11.6 Å². The van der Waals surface area contributed by atoms with E-state index in [0.717, 1.165) is 6.07 Å². The Morgan fingerprint density at radius 3 is 2.43 bits per heavy atom. The van der Waals surface area contributed by atoms with E-state index in [4.69, 9.17) is 5.11 Å². The summed E-state index contributed by atoms with van der Waals surface area (Å²) >= 11 is 0. The molecule has 2 aromatic rings. The van der Waals surface area contributed by atoms with E-state index in [1.807, 2.05) is 0 Å². The molecule has 0 spiro atoms. The molecule has 9 nitrogen and oxygen atoms in total. The maximum absolute atomic E-state index is 13.6. The van der Waals surface area contributed by atoms with Gasteiger partial charge in [-0.1, -0.05) is 0 Å². The minimum atomic E-state index is -1.14. The second-order valence-corrected chi connectivity index (χ2v) is 6.90. The van der Waals surface area contributed by atoms with Gasteiger partial charge in [-0.25, -0.2) is 33.3 Å². The number of nitrogens with zero attached hydrogens (tertiary/aromatic N) is 6. The van der Waals surface area contributed by atoms with E-state index in [2.05, 4.69) is 15.1 Å². The Bertz CT molecular complexity index is 989. The predicted molar refractivity (Wildman–Crippen MR) is 102 cm³/mol. The zero-order valence-corrected chi connectivity index (χ0v) is 15.8. The molecule has 0 radical (unpaired) electrons. The maximum Gasteiger partial charge on any atom is 0.354 e. The Balaban J connectivity index is 1.43. The van der Waals surface area contributed by atoms with Crippen molar-refractivity contribution >= 4 is 24.2 Å². The van der Waals surface area contributed by atoms with Gasteiger partial charge in [-0.05, 0) is 23.8 Å². The lowest BCUT2D eigenvalue weighted by molar-refractivity contribution is 0.0690. The number of carbonyl (C=O) groups is 2. The van der Waals surface area contributed by atoms with Gasteiger partial charge < -0.3 is 14.9 Å². The molecule has 1 N–H and O–H groups in total. The summed E-state index contributed by atoms with van der Waals surface area (Å²) in [6, 6.07) is 3.56. The topological polar surface area (TPSA) is 102 Å². The van der Waals surface area contributed by atoms with Crippen molar-refractivity contribution in [2.45, 2.75) is 12.5 Å². The van der Waals surface area contributed by atoms with Crippen LogP contribution in [0.5, 0.6) is 0 Å². The van der Waals surface area contributed by atoms with Crippen LogP contribution in [0.2, 0.25) is 0 Å². The Labute approximate surface area is 170 Å². The first-order valence-electron chi connectivity index (χ1n) is 9.30. The number of hydrogen-bond donors (Lipinski definition) is 1. The van der Waals surface area contributed by atoms with Gasteiger partial charge in [0.05, 0.1) is 6.04 Å². The van der Waals surface area contributed by atoms with Crippen LogP contribution in [-0.4, -0.2) is 69.4 Å². The zero-order chi connectivity index (χ0) is 21.3. The molecule has 0 bridgehead atoms. The van der Waals surface area contributed by atoms with Gasteiger partial charge in [-0.2, -0.15) is 5.10 Å². The number of carboxylic acids is 1. The molecule has 0 unspecified atom stereocenters. The molecule has 3 heterocycles. The summed E-state index contributed by atoms with van der Waals surface area (Å²) in [6.45, 7) is 1.50. The average molecular weight is 416 g/mol. The summed E-state index contributed by atoms with van der Waals surface area (Å²) in [5.74, 6) is -2.27. The van der Waals surface area contributed by atoms with E-state index >= 15 is 0 Å². The van der Waals surface area contributed by atoms with Crippen molar-refractivity contribution in [2.75, 3.05) is 31.1 Å². The van der Waals surface area contributed by atoms with Crippen molar-refractivity contribution in [3.05, 3.63) is 53.4 Å². The van der Waals surface area contributed by atoms with Crippen molar-refractivity contribution < 1.29 is 23.5 Å². The van der Waals surface area contributed by atoms with Gasteiger partial charge in [-0.15, -0.1) is 0 Å². The number of aromatic nitrogens is 2. The van der Waals surface area contributed by atoms with Crippen molar-refractivity contribution in [3.8, 4) is 0 Å². The van der Waals surface area contributed by atoms with Gasteiger partial charge in [0.1, 0.15) is 11.6 Å². The molecule has 1 fully saturated rings. The molecule has 1 aromatic carbocycles. The number of hydrazone groups is 1. The number of urea groups is 1. The van der Waals surface area contributed by atoms with E-state index in [1.54, 1.807) is 16.0 Å². The number of benzene rings is 1. The average Bonchev–Trinajstić information content (AvgIpc) is 3.23. The molecule has 30 heavy (non-hydrogen) atoms. The maximum atomic E-state index is 13.6. The molecule has 2 aliphatic heterocycles. The highest BCUT2D eigenvalue weighted by Crippen LogP contribution is 2.30. The zero-order valence-electron chi connectivity index (χ0n) is 15.8. The summed E-state index contributed by atoms with van der Waals surface area (Å²) in [4.78, 5) is 35.6. The molecule has 156 valence electrons. The number of carbonyl (C=O) groups excluding carboxylic acids is 1. The highest BCUT2D eigenvalue weighted by molar-refractivity contribution is 5.85. The molecule has 2 aliphatic rings. The van der Waals surface area contributed by atoms with Crippen molar-refractivity contribution in [2.24, 2.45) is 5.10 Å². The lowest BCUT2D eigenvalue weighted by atomic mass is 10.0. The van der Waals surface area contributed by atoms with Gasteiger partial charge in [0, 0.05) is 51.1 Å². The predicted octanol–water partition coefficient (Wildman–Crippen LogP) is 2.13. The third-order valence-electron chi connectivity index (χ3n) is 4.99. The minimum Gasteiger partial charge on any atom is -0.477 e. The van der Waals surface area contributed by atoms with E-state index in [-0.39, 0.29) is 17.7 Å². The van der Waals surface area contributed by atoms with Crippen LogP contribution in [0.1, 0.15) is 28.5 Å². The largest absolute Gasteiger partial charge is 0.477 e. The van der Waals surface area contributed by atoms with Crippen LogP contribution in [0.4, 0.5) is 19.5 Å². The third-order valence-corrected chi connectivity index (χ3v) is 4.99. The Morgan fingerprint density at radius 2 is 1.77 bits per heavy atom. The first-order valence-corrected chi connectivity index (χ1v) is 9.30. The van der Waals surface area contributed by atoms with E-state index in [0.29, 0.717) is 38.2 Å². The standard InChI is InChI=1S/C19H18F2N6O3/c20-13-9-12(10-14(21)11-13)16-2-4-23-27(16)19(30)26-7-5-25(6-8-26)18-22-3-1-15(24-18)17(28)29/h1,3-4,9-11,16H,2,5-8H2,(H,28,29)/t16-/m0/s1. The second kappa shape index (κ2) is 8.01. The van der Waals surface area contributed by atoms with Gasteiger partial charge in [-0.3, -0.25) is 0 Å². The molecule has 1 aromatic heterocycles. The van der Waals surface area contributed by atoms with Gasteiger partial charge in [0.25, 0.3) is 0 Å². The van der Waals surface area contributed by atoms with Crippen LogP contribution < -0.4 is 4.90 Å². The fourth-order valence-electron chi connectivity index (χ4n) is 3.51. The SMILES string of the molecule is O=C(O)c1ccnc(N2CCN(C(=O)N3N=CC[C@H]3c3cc(F)cc(F)c3)CC2)n1. The number of hydrogen-bond acceptors (Lipinski definition) is 6. The van der Waals surface area contributed by atoms with Crippen molar-refractivity contribution in [1.82, 2.24) is 19.9 Å². The Kier molecular flexibility index (Phi) is 5.25. The third kappa shape index (κ3) is 3.91. The van der Waals surface area contributed by atoms with Crippen LogP contribution >= 0.6 is 0 Å². The molecule has 2 amide bonds. The fraction of sp³-hybridized carbons (Fsp3) is 0.316. The number of piperazine rings is 1. The van der Waals surface area contributed by atoms with Crippen LogP contribution in [0.15, 0.2) is 35.6 Å². The second-order valence-electron chi connectivity index (χ2n) is 6.90. The lowest BCUT2D eigenvalue weighted by Crippen LogP contribution is -2.52. The van der Waals surface area contributed by atoms with Gasteiger partial charge in [0.2, 0.25) is 5.95 Å². The summed E-state index contributed by atoms with van der Waals surface area (Å²) in [5, 5.41) is 14.4. The molecule has 4 rings (SSSR count). The number of aromatic carboxylic acids is 1. The smallest absolute Gasteiger partial charge is 0.354 e. The summed E-state index contributed by atoms with van der Waals surface area (Å²) in [5.41, 5.74) is 0.242. The lowest BCUT2D eigenvalue weighted by Gasteiger charge is -2.37. The quantitative estimate of drug-likeness (QED) is 0.823. The van der Waals surface area contributed by atoms with Gasteiger partial charge >= 0.3 is 12.0 Å². The number of amides is 2. The normalized spacial score (nSPS) is 18.7. The molecule has 0 saturated carbocycles. The summed E-state index contributed by atoms with van der Waals surface area (Å²) in [7, 11) is 0. The van der Waals surface area contributed by atoms with E-state index in [1.165, 1.54) is 29.4 Å². The van der Waals surface area contributed by atoms with Gasteiger partial charge in [0.15, 0.2) is 5.69 Å². The van der Waals surface area contributed by atoms with Crippen LogP contribution in [-0.2, 0) is 0 Å². The minimum absolute atomic E-state index is 0.102. The number of anilines is 1. The molecule has 1 saturated heterocycles. The van der Waals surface area contributed by atoms with Crippen molar-refractivity contribution in [1.29, 1.82) is 0 Å². The highest BCUT2D eigenvalue weighted by Gasteiger charge is 2.33. The summed E-state index contributed by atoms with van der Waals surface area (Å²) < 4.78 is 27.2. The van der Waals surface area contributed by atoms with Crippen LogP contribution in [0.25, 0.3) is 0 Å². The first kappa shape index (κ1) is 19.7. The van der Waals surface area contributed by atoms with Crippen LogP contribution in [0.3, 0.4) is 0 Å².